The summed E-state index contributed by atoms with van der Waals surface area (Å²) < 4.78 is 18.4. The van der Waals surface area contributed by atoms with Crippen molar-refractivity contribution in [3.05, 3.63) is 59.4 Å². The molecule has 4 rings (SSSR count). The van der Waals surface area contributed by atoms with Crippen LogP contribution in [0.3, 0.4) is 0 Å². The standard InChI is InChI=1S/C31H37N7O6/c1-31(2,3)44-30(41)35-25-15-26(37(4)5)21(17-32)14-24(25)34-28(40)16-27(39)20-9-8-10-22(13-20)38-23(18-33-36-38)19-43-29-11-6-7-12-42-29/h8-10,13-15,18,29H,6-7,11-12,16,19H2,1-5H3,(H,34,40)(H,35,41). The lowest BCUT2D eigenvalue weighted by molar-refractivity contribution is -0.169. The molecular formula is C31H37N7O6. The van der Waals surface area contributed by atoms with Crippen LogP contribution in [0.1, 0.15) is 68.1 Å². The fourth-order valence-electron chi connectivity index (χ4n) is 4.51. The predicted octanol–water partition coefficient (Wildman–Crippen LogP) is 4.81. The molecule has 1 saturated heterocycles. The number of nitrogens with zero attached hydrogens (tertiary/aromatic N) is 5. The summed E-state index contributed by atoms with van der Waals surface area (Å²) in [5, 5.41) is 23.1. The maximum atomic E-state index is 13.2. The van der Waals surface area contributed by atoms with Crippen LogP contribution in [-0.4, -0.2) is 65.4 Å². The Morgan fingerprint density at radius 2 is 1.91 bits per heavy atom. The number of carbonyl (C=O) groups excluding carboxylic acids is 3. The number of nitriles is 1. The Morgan fingerprint density at radius 1 is 1.14 bits per heavy atom. The molecule has 1 unspecified atom stereocenters. The number of amides is 2. The second-order valence-electron chi connectivity index (χ2n) is 11.5. The van der Waals surface area contributed by atoms with Gasteiger partial charge in [-0.25, -0.2) is 9.48 Å². The molecule has 13 nitrogen and oxygen atoms in total. The third kappa shape index (κ3) is 8.62. The molecule has 13 heteroatoms. The zero-order valence-electron chi connectivity index (χ0n) is 25.5. The van der Waals surface area contributed by atoms with Crippen LogP contribution in [0.15, 0.2) is 42.6 Å². The highest BCUT2D eigenvalue weighted by Crippen LogP contribution is 2.32. The number of hydrogen-bond acceptors (Lipinski definition) is 10. The number of aromatic nitrogens is 3. The van der Waals surface area contributed by atoms with Crippen molar-refractivity contribution in [2.24, 2.45) is 0 Å². The lowest BCUT2D eigenvalue weighted by Crippen LogP contribution is -2.28. The topological polar surface area (TPSA) is 161 Å². The number of anilines is 3. The van der Waals surface area contributed by atoms with E-state index in [4.69, 9.17) is 14.2 Å². The quantitative estimate of drug-likeness (QED) is 0.243. The first-order valence-electron chi connectivity index (χ1n) is 14.3. The molecular weight excluding hydrogens is 566 g/mol. The van der Waals surface area contributed by atoms with Gasteiger partial charge in [0.2, 0.25) is 5.91 Å². The van der Waals surface area contributed by atoms with Crippen LogP contribution in [0.2, 0.25) is 0 Å². The summed E-state index contributed by atoms with van der Waals surface area (Å²) in [6, 6.07) is 11.8. The average molecular weight is 604 g/mol. The van der Waals surface area contributed by atoms with Gasteiger partial charge >= 0.3 is 6.09 Å². The van der Waals surface area contributed by atoms with Crippen molar-refractivity contribution in [1.29, 1.82) is 5.26 Å². The molecule has 44 heavy (non-hydrogen) atoms. The van der Waals surface area contributed by atoms with E-state index in [2.05, 4.69) is 27.0 Å². The number of ketones is 1. The van der Waals surface area contributed by atoms with Gasteiger partial charge in [0.1, 0.15) is 11.7 Å². The van der Waals surface area contributed by atoms with E-state index in [1.165, 1.54) is 6.07 Å². The van der Waals surface area contributed by atoms with Gasteiger partial charge < -0.3 is 24.4 Å². The van der Waals surface area contributed by atoms with Crippen molar-refractivity contribution in [2.45, 2.75) is 65.0 Å². The molecule has 1 aliphatic rings. The molecule has 0 spiro atoms. The molecule has 0 bridgehead atoms. The molecule has 0 aliphatic carbocycles. The third-order valence-corrected chi connectivity index (χ3v) is 6.56. The van der Waals surface area contributed by atoms with Crippen molar-refractivity contribution in [3.8, 4) is 11.8 Å². The second-order valence-corrected chi connectivity index (χ2v) is 11.5. The second kappa shape index (κ2) is 14.1. The summed E-state index contributed by atoms with van der Waals surface area (Å²) in [6.45, 7) is 6.08. The van der Waals surface area contributed by atoms with Gasteiger partial charge in [0.05, 0.1) is 53.2 Å². The highest BCUT2D eigenvalue weighted by Gasteiger charge is 2.22. The molecule has 0 saturated carbocycles. The highest BCUT2D eigenvalue weighted by atomic mass is 16.7. The summed E-state index contributed by atoms with van der Waals surface area (Å²) >= 11 is 0. The van der Waals surface area contributed by atoms with Gasteiger partial charge in [-0.15, -0.1) is 5.10 Å². The van der Waals surface area contributed by atoms with Crippen molar-refractivity contribution in [2.75, 3.05) is 36.2 Å². The van der Waals surface area contributed by atoms with Gasteiger partial charge in [0, 0.05) is 26.3 Å². The van der Waals surface area contributed by atoms with Crippen molar-refractivity contribution in [3.63, 3.8) is 0 Å². The predicted molar refractivity (Wildman–Crippen MR) is 163 cm³/mol. The largest absolute Gasteiger partial charge is 0.444 e. The fourth-order valence-corrected chi connectivity index (χ4v) is 4.51. The monoisotopic (exact) mass is 603 g/mol. The number of ether oxygens (including phenoxy) is 3. The number of carbonyl (C=O) groups is 3. The Kier molecular flexibility index (Phi) is 10.3. The lowest BCUT2D eigenvalue weighted by atomic mass is 10.1. The Morgan fingerprint density at radius 3 is 2.59 bits per heavy atom. The molecule has 0 radical (unpaired) electrons. The molecule has 1 aromatic heterocycles. The van der Waals surface area contributed by atoms with Crippen LogP contribution in [-0.2, 0) is 25.6 Å². The van der Waals surface area contributed by atoms with Crippen LogP contribution in [0, 0.1) is 11.3 Å². The molecule has 2 amide bonds. The van der Waals surface area contributed by atoms with E-state index in [0.29, 0.717) is 29.2 Å². The Balaban J connectivity index is 1.48. The number of hydrogen-bond donors (Lipinski definition) is 2. The summed E-state index contributed by atoms with van der Waals surface area (Å²) in [4.78, 5) is 40.5. The number of rotatable bonds is 10. The van der Waals surface area contributed by atoms with E-state index in [1.54, 1.807) is 81.0 Å². The number of Topliss-reactive ketones (excluding diaryl/α,β-unsaturated/α-hetero) is 1. The van der Waals surface area contributed by atoms with E-state index >= 15 is 0 Å². The SMILES string of the molecule is CN(C)c1cc(NC(=O)OC(C)(C)C)c(NC(=O)CC(=O)c2cccc(-n3nncc3COC3CCCCO3)c2)cc1C#N. The van der Waals surface area contributed by atoms with Gasteiger partial charge in [-0.2, -0.15) is 5.26 Å². The Hall–Kier alpha value is -4.80. The van der Waals surface area contributed by atoms with Crippen LogP contribution in [0.5, 0.6) is 0 Å². The normalized spacial score (nSPS) is 14.8. The first kappa shape index (κ1) is 32.1. The molecule has 1 fully saturated rings. The first-order chi connectivity index (χ1) is 20.9. The number of benzene rings is 2. The van der Waals surface area contributed by atoms with Crippen LogP contribution >= 0.6 is 0 Å². The maximum absolute atomic E-state index is 13.2. The first-order valence-corrected chi connectivity index (χ1v) is 14.3. The minimum atomic E-state index is -0.755. The zero-order chi connectivity index (χ0) is 31.9. The number of nitrogens with one attached hydrogen (secondary N) is 2. The molecule has 2 heterocycles. The zero-order valence-corrected chi connectivity index (χ0v) is 25.5. The van der Waals surface area contributed by atoms with Crippen LogP contribution in [0.4, 0.5) is 21.9 Å². The van der Waals surface area contributed by atoms with E-state index in [0.717, 1.165) is 19.3 Å². The lowest BCUT2D eigenvalue weighted by Gasteiger charge is -2.22. The molecule has 1 atom stereocenters. The molecule has 3 aromatic rings. The average Bonchev–Trinajstić information content (AvgIpc) is 3.45. The molecule has 2 aromatic carbocycles. The Bertz CT molecular complexity index is 1550. The van der Waals surface area contributed by atoms with Gasteiger partial charge in [0.15, 0.2) is 12.1 Å². The van der Waals surface area contributed by atoms with E-state index < -0.39 is 29.8 Å². The summed E-state index contributed by atoms with van der Waals surface area (Å²) in [7, 11) is 3.50. The van der Waals surface area contributed by atoms with Crippen molar-refractivity contribution >= 4 is 34.8 Å². The summed E-state index contributed by atoms with van der Waals surface area (Å²) in [6.07, 6.45) is 2.98. The van der Waals surface area contributed by atoms with E-state index in [9.17, 15) is 19.6 Å². The maximum Gasteiger partial charge on any atom is 0.412 e. The van der Waals surface area contributed by atoms with Crippen LogP contribution < -0.4 is 15.5 Å². The van der Waals surface area contributed by atoms with E-state index in [1.807, 2.05) is 0 Å². The van der Waals surface area contributed by atoms with Crippen molar-refractivity contribution in [1.82, 2.24) is 15.0 Å². The molecule has 2 N–H and O–H groups in total. The van der Waals surface area contributed by atoms with Gasteiger partial charge in [-0.3, -0.25) is 14.9 Å². The highest BCUT2D eigenvalue weighted by molar-refractivity contribution is 6.12. The molecule has 232 valence electrons. The van der Waals surface area contributed by atoms with Crippen molar-refractivity contribution < 1.29 is 28.6 Å². The van der Waals surface area contributed by atoms with Crippen LogP contribution in [0.25, 0.3) is 5.69 Å². The molecule has 1 aliphatic heterocycles. The fraction of sp³-hybridized carbons (Fsp3) is 0.419. The third-order valence-electron chi connectivity index (χ3n) is 6.56. The summed E-state index contributed by atoms with van der Waals surface area (Å²) in [5.41, 5.74) is 1.96. The minimum Gasteiger partial charge on any atom is -0.444 e. The van der Waals surface area contributed by atoms with Gasteiger partial charge in [0.25, 0.3) is 0 Å². The smallest absolute Gasteiger partial charge is 0.412 e. The Labute approximate surface area is 256 Å². The minimum absolute atomic E-state index is 0.152. The van der Waals surface area contributed by atoms with E-state index in [-0.39, 0.29) is 29.8 Å². The summed E-state index contributed by atoms with van der Waals surface area (Å²) in [5.74, 6) is -1.07. The van der Waals surface area contributed by atoms with Gasteiger partial charge in [-0.05, 0) is 64.3 Å². The van der Waals surface area contributed by atoms with Gasteiger partial charge in [-0.1, -0.05) is 17.3 Å².